The van der Waals surface area contributed by atoms with E-state index in [9.17, 15) is 13.2 Å². The van der Waals surface area contributed by atoms with Crippen LogP contribution in [0, 0.1) is 25.2 Å². The number of carbonyl (C=O) groups is 1. The largest absolute Gasteiger partial charge is 0.325 e. The molecule has 0 unspecified atom stereocenters. The number of carbonyl (C=O) groups excluding carboxylic acids is 1. The zero-order valence-electron chi connectivity index (χ0n) is 15.8. The molecule has 2 aliphatic heterocycles. The number of rotatable bonds is 3. The van der Waals surface area contributed by atoms with Gasteiger partial charge in [-0.3, -0.25) is 4.90 Å². The number of urea groups is 1. The summed E-state index contributed by atoms with van der Waals surface area (Å²) in [5.41, 5.74) is 4.17. The fourth-order valence-electron chi connectivity index (χ4n) is 4.10. The molecule has 0 radical (unpaired) electrons. The third kappa shape index (κ3) is 3.14. The molecule has 144 valence electrons. The van der Waals surface area contributed by atoms with Gasteiger partial charge in [-0.2, -0.15) is 5.26 Å². The molecule has 2 aromatic carbocycles. The summed E-state index contributed by atoms with van der Waals surface area (Å²) in [5, 5.41) is 8.96. The van der Waals surface area contributed by atoms with Crippen LogP contribution in [0.2, 0.25) is 0 Å². The maximum absolute atomic E-state index is 13.3. The fourth-order valence-corrected chi connectivity index (χ4v) is 6.05. The van der Waals surface area contributed by atoms with Crippen LogP contribution >= 0.6 is 0 Å². The minimum atomic E-state index is -3.21. The molecule has 6 nitrogen and oxygen atoms in total. The van der Waals surface area contributed by atoms with Crippen LogP contribution in [-0.4, -0.2) is 42.9 Å². The van der Waals surface area contributed by atoms with Gasteiger partial charge in [-0.15, -0.1) is 0 Å². The maximum Gasteiger partial charge on any atom is 0.325 e. The van der Waals surface area contributed by atoms with E-state index in [0.29, 0.717) is 12.1 Å². The molecule has 0 N–H and O–H groups in total. The van der Waals surface area contributed by atoms with E-state index in [1.54, 1.807) is 21.9 Å². The molecule has 2 fully saturated rings. The second-order valence-electron chi connectivity index (χ2n) is 7.59. The van der Waals surface area contributed by atoms with Gasteiger partial charge >= 0.3 is 6.03 Å². The molecule has 7 heteroatoms. The molecule has 0 saturated carbocycles. The first-order valence-electron chi connectivity index (χ1n) is 9.15. The zero-order chi connectivity index (χ0) is 20.1. The molecule has 2 heterocycles. The van der Waals surface area contributed by atoms with Crippen LogP contribution in [0.4, 0.5) is 10.5 Å². The molecule has 0 aliphatic carbocycles. The average Bonchev–Trinajstić information content (AvgIpc) is 3.09. The van der Waals surface area contributed by atoms with Crippen LogP contribution in [0.1, 0.15) is 22.3 Å². The van der Waals surface area contributed by atoms with Crippen molar-refractivity contribution in [2.45, 2.75) is 32.5 Å². The Balaban J connectivity index is 1.72. The fraction of sp³-hybridized carbons (Fsp3) is 0.333. The van der Waals surface area contributed by atoms with Crippen LogP contribution in [0.15, 0.2) is 42.5 Å². The summed E-state index contributed by atoms with van der Waals surface area (Å²) in [6, 6.07) is 14.1. The molecule has 0 spiro atoms. The zero-order valence-corrected chi connectivity index (χ0v) is 16.6. The van der Waals surface area contributed by atoms with Crippen LogP contribution in [-0.2, 0) is 16.4 Å². The lowest BCUT2D eigenvalue weighted by molar-refractivity contribution is 0.206. The van der Waals surface area contributed by atoms with E-state index in [1.165, 1.54) is 0 Å². The molecule has 2 amide bonds. The van der Waals surface area contributed by atoms with Crippen molar-refractivity contribution < 1.29 is 13.2 Å². The summed E-state index contributed by atoms with van der Waals surface area (Å²) in [7, 11) is -3.21. The molecule has 28 heavy (non-hydrogen) atoms. The van der Waals surface area contributed by atoms with Gasteiger partial charge in [0.1, 0.15) is 0 Å². The number of amides is 2. The molecule has 2 atom stereocenters. The summed E-state index contributed by atoms with van der Waals surface area (Å²) < 4.78 is 24.7. The van der Waals surface area contributed by atoms with Crippen LogP contribution in [0.5, 0.6) is 0 Å². The SMILES string of the molecule is Cc1ccc(C)c(N2C(=O)N(Cc3ccc(C#N)cc3)[C@H]3CS(=O)(=O)C[C@@H]32)c1. The van der Waals surface area contributed by atoms with Crippen molar-refractivity contribution in [2.24, 2.45) is 0 Å². The maximum atomic E-state index is 13.3. The molecule has 0 bridgehead atoms. The Morgan fingerprint density at radius 3 is 2.43 bits per heavy atom. The summed E-state index contributed by atoms with van der Waals surface area (Å²) >= 11 is 0. The second kappa shape index (κ2) is 6.64. The second-order valence-corrected chi connectivity index (χ2v) is 9.74. The highest BCUT2D eigenvalue weighted by molar-refractivity contribution is 7.91. The average molecular weight is 395 g/mol. The van der Waals surface area contributed by atoms with Gasteiger partial charge in [0.25, 0.3) is 0 Å². The van der Waals surface area contributed by atoms with Gasteiger partial charge in [0.15, 0.2) is 9.84 Å². The number of hydrogen-bond acceptors (Lipinski definition) is 4. The number of sulfone groups is 1. The van der Waals surface area contributed by atoms with Gasteiger partial charge in [-0.25, -0.2) is 13.2 Å². The monoisotopic (exact) mass is 395 g/mol. The molecule has 2 aliphatic rings. The molecular formula is C21H21N3O3S. The predicted octanol–water partition coefficient (Wildman–Crippen LogP) is 2.78. The van der Waals surface area contributed by atoms with Crippen molar-refractivity contribution in [2.75, 3.05) is 16.4 Å². The van der Waals surface area contributed by atoms with Gasteiger partial charge in [0, 0.05) is 12.2 Å². The topological polar surface area (TPSA) is 81.5 Å². The predicted molar refractivity (Wildman–Crippen MR) is 107 cm³/mol. The summed E-state index contributed by atoms with van der Waals surface area (Å²) in [4.78, 5) is 16.7. The van der Waals surface area contributed by atoms with Gasteiger partial charge in [0.2, 0.25) is 0 Å². The Kier molecular flexibility index (Phi) is 4.39. The molecule has 4 rings (SSSR count). The third-order valence-corrected chi connectivity index (χ3v) is 7.24. The normalized spacial score (nSPS) is 23.0. The Morgan fingerprint density at radius 2 is 1.75 bits per heavy atom. The Morgan fingerprint density at radius 1 is 1.07 bits per heavy atom. The van der Waals surface area contributed by atoms with E-state index < -0.39 is 9.84 Å². The smallest absolute Gasteiger partial charge is 0.314 e. The van der Waals surface area contributed by atoms with Crippen molar-refractivity contribution >= 4 is 21.6 Å². The van der Waals surface area contributed by atoms with Crippen LogP contribution < -0.4 is 4.90 Å². The lowest BCUT2D eigenvalue weighted by Gasteiger charge is -2.24. The van der Waals surface area contributed by atoms with E-state index in [0.717, 1.165) is 22.4 Å². The third-order valence-electron chi connectivity index (χ3n) is 5.54. The number of fused-ring (bicyclic) bond motifs is 1. The van der Waals surface area contributed by atoms with Crippen molar-refractivity contribution in [1.29, 1.82) is 5.26 Å². The van der Waals surface area contributed by atoms with E-state index in [2.05, 4.69) is 6.07 Å². The van der Waals surface area contributed by atoms with Gasteiger partial charge < -0.3 is 4.90 Å². The van der Waals surface area contributed by atoms with Gasteiger partial charge in [-0.1, -0.05) is 24.3 Å². The van der Waals surface area contributed by atoms with Crippen LogP contribution in [0.25, 0.3) is 0 Å². The van der Waals surface area contributed by atoms with E-state index in [-0.39, 0.29) is 29.6 Å². The molecular weight excluding hydrogens is 374 g/mol. The highest BCUT2D eigenvalue weighted by Gasteiger charge is 2.54. The van der Waals surface area contributed by atoms with Crippen LogP contribution in [0.3, 0.4) is 0 Å². The minimum absolute atomic E-state index is 0.0128. The summed E-state index contributed by atoms with van der Waals surface area (Å²) in [6.45, 7) is 4.22. The quantitative estimate of drug-likeness (QED) is 0.749. The number of benzene rings is 2. The standard InChI is InChI=1S/C21H21N3O3S/c1-14-3-4-15(2)18(9-14)24-20-13-28(26,27)12-19(20)23(21(24)25)11-17-7-5-16(10-22)6-8-17/h3-9,19-20H,11-13H2,1-2H3/t19-,20-/m0/s1. The first kappa shape index (κ1) is 18.5. The lowest BCUT2D eigenvalue weighted by Crippen LogP contribution is -2.38. The summed E-state index contributed by atoms with van der Waals surface area (Å²) in [5.74, 6) is -0.0261. The first-order valence-corrected chi connectivity index (χ1v) is 11.0. The van der Waals surface area contributed by atoms with Gasteiger partial charge in [-0.05, 0) is 48.7 Å². The van der Waals surface area contributed by atoms with Crippen molar-refractivity contribution in [1.82, 2.24) is 4.90 Å². The Hall–Kier alpha value is -2.85. The number of nitrogens with zero attached hydrogens (tertiary/aromatic N) is 3. The minimum Gasteiger partial charge on any atom is -0.314 e. The molecule has 2 saturated heterocycles. The molecule has 0 aromatic heterocycles. The van der Waals surface area contributed by atoms with Crippen molar-refractivity contribution in [3.8, 4) is 6.07 Å². The lowest BCUT2D eigenvalue weighted by atomic mass is 10.1. The number of hydrogen-bond donors (Lipinski definition) is 0. The highest BCUT2D eigenvalue weighted by Crippen LogP contribution is 2.37. The Bertz CT molecular complexity index is 1090. The summed E-state index contributed by atoms with van der Waals surface area (Å²) in [6.07, 6.45) is 0. The Labute approximate surface area is 164 Å². The number of nitriles is 1. The number of aryl methyl sites for hydroxylation is 2. The van der Waals surface area contributed by atoms with E-state index in [4.69, 9.17) is 5.26 Å². The van der Waals surface area contributed by atoms with E-state index >= 15 is 0 Å². The molecule has 2 aromatic rings. The van der Waals surface area contributed by atoms with Crippen molar-refractivity contribution in [3.63, 3.8) is 0 Å². The van der Waals surface area contributed by atoms with Gasteiger partial charge in [0.05, 0.1) is 35.2 Å². The van der Waals surface area contributed by atoms with E-state index in [1.807, 2.05) is 44.2 Å². The highest BCUT2D eigenvalue weighted by atomic mass is 32.2. The first-order chi connectivity index (χ1) is 13.3. The number of anilines is 1. The van der Waals surface area contributed by atoms with Crippen molar-refractivity contribution in [3.05, 3.63) is 64.7 Å².